The Balaban J connectivity index is 2.46. The van der Waals surface area contributed by atoms with Gasteiger partial charge in [0.25, 0.3) is 0 Å². The third-order valence-electron chi connectivity index (χ3n) is 5.77. The SMILES string of the molecule is CC[C@@H](C(=O)NC)N(CCc1ccccc1)C(=O)CN(c1cc(C)ccc1C)S(=O)(=O)N(C)C. The molecule has 2 aromatic carbocycles. The number of benzene rings is 2. The van der Waals surface area contributed by atoms with E-state index in [0.717, 1.165) is 25.3 Å². The van der Waals surface area contributed by atoms with Crippen LogP contribution in [0.1, 0.15) is 30.0 Å². The Labute approximate surface area is 203 Å². The zero-order valence-corrected chi connectivity index (χ0v) is 21.7. The number of amides is 2. The van der Waals surface area contributed by atoms with Gasteiger partial charge in [0.2, 0.25) is 11.8 Å². The normalized spacial score (nSPS) is 12.3. The van der Waals surface area contributed by atoms with Gasteiger partial charge in [0.1, 0.15) is 12.6 Å². The highest BCUT2D eigenvalue weighted by molar-refractivity contribution is 7.90. The fourth-order valence-electron chi connectivity index (χ4n) is 3.75. The summed E-state index contributed by atoms with van der Waals surface area (Å²) in [6.07, 6.45) is 0.952. The largest absolute Gasteiger partial charge is 0.357 e. The zero-order valence-electron chi connectivity index (χ0n) is 20.9. The van der Waals surface area contributed by atoms with Crippen LogP contribution in [0.4, 0.5) is 5.69 Å². The molecule has 0 fully saturated rings. The smallest absolute Gasteiger partial charge is 0.304 e. The van der Waals surface area contributed by atoms with Gasteiger partial charge in [-0.1, -0.05) is 49.4 Å². The molecule has 8 nitrogen and oxygen atoms in total. The van der Waals surface area contributed by atoms with E-state index in [2.05, 4.69) is 5.32 Å². The first-order chi connectivity index (χ1) is 16.0. The molecule has 2 amide bonds. The van der Waals surface area contributed by atoms with Crippen molar-refractivity contribution in [2.45, 2.75) is 39.7 Å². The molecule has 0 bridgehead atoms. The van der Waals surface area contributed by atoms with Crippen molar-refractivity contribution < 1.29 is 18.0 Å². The summed E-state index contributed by atoms with van der Waals surface area (Å²) in [6.45, 7) is 5.40. The van der Waals surface area contributed by atoms with Crippen LogP contribution in [-0.2, 0) is 26.2 Å². The highest BCUT2D eigenvalue weighted by Crippen LogP contribution is 2.26. The van der Waals surface area contributed by atoms with Crippen LogP contribution in [0.2, 0.25) is 0 Å². The highest BCUT2D eigenvalue weighted by Gasteiger charge is 2.33. The number of hydrogen-bond donors (Lipinski definition) is 1. The Hall–Kier alpha value is -2.91. The summed E-state index contributed by atoms with van der Waals surface area (Å²) in [6, 6.07) is 14.5. The third kappa shape index (κ3) is 6.57. The van der Waals surface area contributed by atoms with E-state index in [1.54, 1.807) is 6.07 Å². The monoisotopic (exact) mass is 488 g/mol. The molecule has 0 aliphatic carbocycles. The molecule has 186 valence electrons. The summed E-state index contributed by atoms with van der Waals surface area (Å²) in [5.74, 6) is -0.713. The van der Waals surface area contributed by atoms with E-state index >= 15 is 0 Å². The molecule has 0 heterocycles. The molecule has 0 spiro atoms. The summed E-state index contributed by atoms with van der Waals surface area (Å²) in [5.41, 5.74) is 3.08. The first-order valence-electron chi connectivity index (χ1n) is 11.3. The van der Waals surface area contributed by atoms with Crippen LogP contribution >= 0.6 is 0 Å². The van der Waals surface area contributed by atoms with E-state index in [1.165, 1.54) is 26.0 Å². The van der Waals surface area contributed by atoms with Gasteiger partial charge in [0.05, 0.1) is 5.69 Å². The lowest BCUT2D eigenvalue weighted by molar-refractivity contribution is -0.139. The van der Waals surface area contributed by atoms with Crippen LogP contribution in [-0.4, -0.2) is 69.7 Å². The molecule has 0 saturated heterocycles. The highest BCUT2D eigenvalue weighted by atomic mass is 32.2. The Kier molecular flexibility index (Phi) is 9.64. The van der Waals surface area contributed by atoms with E-state index < -0.39 is 28.7 Å². The molecular formula is C25H36N4O4S. The fraction of sp³-hybridized carbons (Fsp3) is 0.440. The number of hydrogen-bond acceptors (Lipinski definition) is 4. The molecule has 2 rings (SSSR count). The molecule has 0 unspecified atom stereocenters. The number of carbonyl (C=O) groups excluding carboxylic acids is 2. The molecule has 0 aliphatic rings. The molecule has 0 radical (unpaired) electrons. The Bertz CT molecular complexity index is 1090. The maximum absolute atomic E-state index is 13.7. The minimum Gasteiger partial charge on any atom is -0.357 e. The van der Waals surface area contributed by atoms with Crippen molar-refractivity contribution in [3.05, 3.63) is 65.2 Å². The number of rotatable bonds is 11. The van der Waals surface area contributed by atoms with E-state index in [4.69, 9.17) is 0 Å². The second-order valence-corrected chi connectivity index (χ2v) is 10.5. The maximum atomic E-state index is 13.7. The quantitative estimate of drug-likeness (QED) is 0.526. The van der Waals surface area contributed by atoms with Gasteiger partial charge in [-0.3, -0.25) is 9.59 Å². The maximum Gasteiger partial charge on any atom is 0.304 e. The zero-order chi connectivity index (χ0) is 25.5. The summed E-state index contributed by atoms with van der Waals surface area (Å²) >= 11 is 0. The summed E-state index contributed by atoms with van der Waals surface area (Å²) < 4.78 is 28.7. The molecule has 0 aromatic heterocycles. The van der Waals surface area contributed by atoms with E-state index in [1.807, 2.05) is 63.2 Å². The predicted molar refractivity (Wildman–Crippen MR) is 136 cm³/mol. The minimum absolute atomic E-state index is 0.280. The minimum atomic E-state index is -3.97. The van der Waals surface area contributed by atoms with Gasteiger partial charge in [-0.15, -0.1) is 0 Å². The summed E-state index contributed by atoms with van der Waals surface area (Å²) in [4.78, 5) is 27.8. The van der Waals surface area contributed by atoms with Crippen molar-refractivity contribution >= 4 is 27.7 Å². The standard InChI is InChI=1S/C25H36N4O4S/c1-7-22(25(31)26-4)28(16-15-21-11-9-8-10-12-21)24(30)18-29(34(32,33)27(5)6)23-17-19(2)13-14-20(23)3/h8-14,17,22H,7,15-16,18H2,1-6H3,(H,26,31)/t22-/m0/s1. The van der Waals surface area contributed by atoms with Crippen LogP contribution in [0.15, 0.2) is 48.5 Å². The van der Waals surface area contributed by atoms with Crippen LogP contribution in [0.5, 0.6) is 0 Å². The van der Waals surface area contributed by atoms with Gasteiger partial charge in [-0.05, 0) is 49.4 Å². The van der Waals surface area contributed by atoms with Crippen LogP contribution < -0.4 is 9.62 Å². The average molecular weight is 489 g/mol. The Morgan fingerprint density at radius 3 is 2.24 bits per heavy atom. The van der Waals surface area contributed by atoms with Gasteiger partial charge >= 0.3 is 10.2 Å². The molecule has 0 saturated carbocycles. The van der Waals surface area contributed by atoms with Gasteiger partial charge in [-0.25, -0.2) is 4.31 Å². The predicted octanol–water partition coefficient (Wildman–Crippen LogP) is 2.51. The second-order valence-electron chi connectivity index (χ2n) is 8.45. The van der Waals surface area contributed by atoms with Crippen molar-refractivity contribution in [1.29, 1.82) is 0 Å². The Morgan fingerprint density at radius 1 is 1.03 bits per heavy atom. The Morgan fingerprint density at radius 2 is 1.68 bits per heavy atom. The molecule has 0 aliphatic heterocycles. The molecular weight excluding hydrogens is 452 g/mol. The van der Waals surface area contributed by atoms with Crippen molar-refractivity contribution in [3.63, 3.8) is 0 Å². The number of nitrogens with one attached hydrogen (secondary N) is 1. The first kappa shape index (κ1) is 27.3. The van der Waals surface area contributed by atoms with Crippen LogP contribution in [0.25, 0.3) is 0 Å². The second kappa shape index (κ2) is 12.0. The number of nitrogens with zero attached hydrogens (tertiary/aromatic N) is 3. The lowest BCUT2D eigenvalue weighted by atomic mass is 10.1. The summed E-state index contributed by atoms with van der Waals surface area (Å²) in [5, 5.41) is 2.63. The van der Waals surface area contributed by atoms with Crippen molar-refractivity contribution in [2.24, 2.45) is 0 Å². The third-order valence-corrected chi connectivity index (χ3v) is 7.57. The van der Waals surface area contributed by atoms with E-state index in [-0.39, 0.29) is 12.5 Å². The van der Waals surface area contributed by atoms with Crippen molar-refractivity contribution in [3.8, 4) is 0 Å². The fourth-order valence-corrected chi connectivity index (χ4v) is 4.87. The molecule has 1 atom stereocenters. The molecule has 2 aromatic rings. The number of carbonyl (C=O) groups is 2. The van der Waals surface area contributed by atoms with Crippen molar-refractivity contribution in [1.82, 2.24) is 14.5 Å². The van der Waals surface area contributed by atoms with Gasteiger partial charge in [0, 0.05) is 27.7 Å². The topological polar surface area (TPSA) is 90.0 Å². The van der Waals surface area contributed by atoms with Crippen molar-refractivity contribution in [2.75, 3.05) is 38.5 Å². The van der Waals surface area contributed by atoms with Crippen LogP contribution in [0, 0.1) is 13.8 Å². The average Bonchev–Trinajstić information content (AvgIpc) is 2.81. The number of anilines is 1. The number of aryl methyl sites for hydroxylation is 2. The molecule has 34 heavy (non-hydrogen) atoms. The molecule has 9 heteroatoms. The first-order valence-corrected chi connectivity index (χ1v) is 12.7. The number of likely N-dealkylation sites (N-methyl/N-ethyl adjacent to an activating group) is 1. The van der Waals surface area contributed by atoms with Gasteiger partial charge in [0.15, 0.2) is 0 Å². The van der Waals surface area contributed by atoms with E-state index in [9.17, 15) is 18.0 Å². The van der Waals surface area contributed by atoms with E-state index in [0.29, 0.717) is 18.5 Å². The van der Waals surface area contributed by atoms with Gasteiger partial charge < -0.3 is 10.2 Å². The lowest BCUT2D eigenvalue weighted by Gasteiger charge is -2.34. The molecule has 1 N–H and O–H groups in total. The lowest BCUT2D eigenvalue weighted by Crippen LogP contribution is -2.53. The van der Waals surface area contributed by atoms with Gasteiger partial charge in [-0.2, -0.15) is 12.7 Å². The van der Waals surface area contributed by atoms with Crippen LogP contribution in [0.3, 0.4) is 0 Å². The summed E-state index contributed by atoms with van der Waals surface area (Å²) in [7, 11) is 0.435.